The van der Waals surface area contributed by atoms with Crippen LogP contribution >= 0.6 is 11.8 Å². The number of carbonyl (C=O) groups is 1. The van der Waals surface area contributed by atoms with Crippen molar-refractivity contribution in [3.05, 3.63) is 48.3 Å². The van der Waals surface area contributed by atoms with Gasteiger partial charge in [-0.25, -0.2) is 4.98 Å². The molecule has 1 aliphatic heterocycles. The molecule has 132 valence electrons. The number of carbonyl (C=O) groups excluding carboxylic acids is 1. The number of amides is 1. The van der Waals surface area contributed by atoms with Gasteiger partial charge in [0, 0.05) is 38.4 Å². The maximum Gasteiger partial charge on any atom is 0.222 e. The van der Waals surface area contributed by atoms with Crippen molar-refractivity contribution in [3.8, 4) is 0 Å². The summed E-state index contributed by atoms with van der Waals surface area (Å²) >= 11 is 1.70. The number of nitrogens with zero attached hydrogens (tertiary/aromatic N) is 4. The first kappa shape index (κ1) is 17.7. The van der Waals surface area contributed by atoms with E-state index in [-0.39, 0.29) is 5.91 Å². The maximum atomic E-state index is 11.9. The van der Waals surface area contributed by atoms with E-state index in [1.54, 1.807) is 11.8 Å². The molecular formula is C19H24N4OS. The lowest BCUT2D eigenvalue weighted by Crippen LogP contribution is -2.35. The third kappa shape index (κ3) is 4.95. The summed E-state index contributed by atoms with van der Waals surface area (Å²) < 4.78 is 0. The summed E-state index contributed by atoms with van der Waals surface area (Å²) in [6, 6.07) is 10.4. The summed E-state index contributed by atoms with van der Waals surface area (Å²) in [7, 11) is 0. The number of rotatable bonds is 5. The van der Waals surface area contributed by atoms with Crippen LogP contribution in [0.4, 0.5) is 5.82 Å². The highest BCUT2D eigenvalue weighted by atomic mass is 32.2. The maximum absolute atomic E-state index is 11.9. The number of thioether (sulfide) groups is 1. The summed E-state index contributed by atoms with van der Waals surface area (Å²) in [5.74, 6) is 2.03. The van der Waals surface area contributed by atoms with E-state index in [1.807, 2.05) is 30.3 Å². The second-order valence-electron chi connectivity index (χ2n) is 6.06. The minimum Gasteiger partial charge on any atom is -0.353 e. The normalized spacial score (nSPS) is 15.1. The summed E-state index contributed by atoms with van der Waals surface area (Å²) in [6.45, 7) is 5.24. The quantitative estimate of drug-likeness (QED) is 0.770. The third-order valence-electron chi connectivity index (χ3n) is 4.30. The summed E-state index contributed by atoms with van der Waals surface area (Å²) in [5, 5.41) is 0.937. The van der Waals surface area contributed by atoms with Gasteiger partial charge in [-0.3, -0.25) is 9.78 Å². The Labute approximate surface area is 153 Å². The molecule has 1 aromatic carbocycles. The Kier molecular flexibility index (Phi) is 6.28. The third-order valence-corrected chi connectivity index (χ3v) is 5.27. The highest BCUT2D eigenvalue weighted by Crippen LogP contribution is 2.23. The van der Waals surface area contributed by atoms with E-state index in [2.05, 4.69) is 34.1 Å². The zero-order chi connectivity index (χ0) is 17.5. The molecule has 0 unspecified atom stereocenters. The van der Waals surface area contributed by atoms with Gasteiger partial charge in [0.15, 0.2) is 0 Å². The molecule has 6 heteroatoms. The molecule has 3 rings (SSSR count). The molecule has 25 heavy (non-hydrogen) atoms. The average molecular weight is 356 g/mol. The lowest BCUT2D eigenvalue weighted by Gasteiger charge is -2.22. The molecule has 1 aromatic heterocycles. The number of aromatic nitrogens is 2. The topological polar surface area (TPSA) is 49.3 Å². The molecule has 0 spiro atoms. The fourth-order valence-corrected chi connectivity index (χ4v) is 3.71. The Morgan fingerprint density at radius 1 is 1.12 bits per heavy atom. The van der Waals surface area contributed by atoms with E-state index < -0.39 is 0 Å². The molecule has 2 heterocycles. The van der Waals surface area contributed by atoms with E-state index in [0.717, 1.165) is 49.2 Å². The molecular weight excluding hydrogens is 332 g/mol. The van der Waals surface area contributed by atoms with Crippen molar-refractivity contribution in [2.75, 3.05) is 31.1 Å². The van der Waals surface area contributed by atoms with Gasteiger partial charge in [-0.15, -0.1) is 11.8 Å². The standard InChI is InChI=1S/C19H24N4OS/c1-2-19(24)23-10-6-9-22(11-12-23)17-13-20-14-18(21-17)25-15-16-7-4-3-5-8-16/h3-5,7-8,13-14H,2,6,9-12,15H2,1H3. The van der Waals surface area contributed by atoms with Crippen molar-refractivity contribution in [1.82, 2.24) is 14.9 Å². The Morgan fingerprint density at radius 2 is 1.96 bits per heavy atom. The van der Waals surface area contributed by atoms with Gasteiger partial charge in [0.1, 0.15) is 10.8 Å². The second kappa shape index (κ2) is 8.85. The predicted molar refractivity (Wildman–Crippen MR) is 102 cm³/mol. The van der Waals surface area contributed by atoms with Gasteiger partial charge in [0.25, 0.3) is 0 Å². The second-order valence-corrected chi connectivity index (χ2v) is 7.06. The Morgan fingerprint density at radius 3 is 2.76 bits per heavy atom. The Bertz CT molecular complexity index is 695. The van der Waals surface area contributed by atoms with Crippen LogP contribution in [-0.2, 0) is 10.5 Å². The minimum absolute atomic E-state index is 0.236. The van der Waals surface area contributed by atoms with Crippen molar-refractivity contribution in [1.29, 1.82) is 0 Å². The number of anilines is 1. The fraction of sp³-hybridized carbons (Fsp3) is 0.421. The Hall–Kier alpha value is -2.08. The molecule has 0 atom stereocenters. The first-order valence-electron chi connectivity index (χ1n) is 8.77. The smallest absolute Gasteiger partial charge is 0.222 e. The zero-order valence-corrected chi connectivity index (χ0v) is 15.4. The van der Waals surface area contributed by atoms with Crippen LogP contribution in [0.1, 0.15) is 25.3 Å². The summed E-state index contributed by atoms with van der Waals surface area (Å²) in [4.78, 5) is 25.2. The number of hydrogen-bond donors (Lipinski definition) is 0. The molecule has 0 aliphatic carbocycles. The Balaban J connectivity index is 1.62. The van der Waals surface area contributed by atoms with Gasteiger partial charge >= 0.3 is 0 Å². The summed E-state index contributed by atoms with van der Waals surface area (Å²) in [6.07, 6.45) is 5.19. The first-order valence-corrected chi connectivity index (χ1v) is 9.76. The summed E-state index contributed by atoms with van der Waals surface area (Å²) in [5.41, 5.74) is 1.28. The van der Waals surface area contributed by atoms with Crippen LogP contribution in [0.15, 0.2) is 47.8 Å². The van der Waals surface area contributed by atoms with Crippen molar-refractivity contribution in [2.24, 2.45) is 0 Å². The van der Waals surface area contributed by atoms with Gasteiger partial charge in [0.2, 0.25) is 5.91 Å². The molecule has 5 nitrogen and oxygen atoms in total. The number of benzene rings is 1. The molecule has 1 saturated heterocycles. The van der Waals surface area contributed by atoms with E-state index >= 15 is 0 Å². The van der Waals surface area contributed by atoms with Crippen LogP contribution < -0.4 is 4.90 Å². The molecule has 0 radical (unpaired) electrons. The van der Waals surface area contributed by atoms with Gasteiger partial charge in [-0.1, -0.05) is 37.3 Å². The van der Waals surface area contributed by atoms with Gasteiger partial charge < -0.3 is 9.80 Å². The molecule has 1 fully saturated rings. The highest BCUT2D eigenvalue weighted by molar-refractivity contribution is 7.98. The van der Waals surface area contributed by atoms with E-state index in [0.29, 0.717) is 6.42 Å². The lowest BCUT2D eigenvalue weighted by molar-refractivity contribution is -0.130. The van der Waals surface area contributed by atoms with Crippen molar-refractivity contribution in [3.63, 3.8) is 0 Å². The van der Waals surface area contributed by atoms with Crippen molar-refractivity contribution < 1.29 is 4.79 Å². The van der Waals surface area contributed by atoms with Gasteiger partial charge in [-0.2, -0.15) is 0 Å². The van der Waals surface area contributed by atoms with Gasteiger partial charge in [-0.05, 0) is 12.0 Å². The molecule has 0 bridgehead atoms. The molecule has 1 aliphatic rings. The molecule has 0 N–H and O–H groups in total. The van der Waals surface area contributed by atoms with Crippen LogP contribution in [0.25, 0.3) is 0 Å². The SMILES string of the molecule is CCC(=O)N1CCCN(c2cncc(SCc3ccccc3)n2)CC1. The molecule has 2 aromatic rings. The van der Waals surface area contributed by atoms with Crippen LogP contribution in [0.3, 0.4) is 0 Å². The van der Waals surface area contributed by atoms with Crippen molar-refractivity contribution in [2.45, 2.75) is 30.5 Å². The van der Waals surface area contributed by atoms with Crippen LogP contribution in [0.5, 0.6) is 0 Å². The fourth-order valence-electron chi connectivity index (χ4n) is 2.91. The van der Waals surface area contributed by atoms with Crippen LogP contribution in [0, 0.1) is 0 Å². The minimum atomic E-state index is 0.236. The first-order chi connectivity index (χ1) is 12.3. The largest absolute Gasteiger partial charge is 0.353 e. The highest BCUT2D eigenvalue weighted by Gasteiger charge is 2.19. The molecule has 0 saturated carbocycles. The predicted octanol–water partition coefficient (Wildman–Crippen LogP) is 3.22. The number of hydrogen-bond acceptors (Lipinski definition) is 5. The van der Waals surface area contributed by atoms with E-state index in [1.165, 1.54) is 5.56 Å². The monoisotopic (exact) mass is 356 g/mol. The average Bonchev–Trinajstić information content (AvgIpc) is 2.93. The van der Waals surface area contributed by atoms with Crippen LogP contribution in [-0.4, -0.2) is 47.0 Å². The van der Waals surface area contributed by atoms with E-state index in [4.69, 9.17) is 4.98 Å². The van der Waals surface area contributed by atoms with Gasteiger partial charge in [0.05, 0.1) is 12.4 Å². The van der Waals surface area contributed by atoms with Crippen molar-refractivity contribution >= 4 is 23.5 Å². The van der Waals surface area contributed by atoms with E-state index in [9.17, 15) is 4.79 Å². The molecule has 1 amide bonds. The lowest BCUT2D eigenvalue weighted by atomic mass is 10.2. The zero-order valence-electron chi connectivity index (χ0n) is 14.6. The van der Waals surface area contributed by atoms with Crippen LogP contribution in [0.2, 0.25) is 0 Å².